The Morgan fingerprint density at radius 1 is 0.136 bits per heavy atom. The number of aromatic nitrogens is 6. The van der Waals surface area contributed by atoms with Gasteiger partial charge in [0.25, 0.3) is 0 Å². The van der Waals surface area contributed by atoms with Crippen molar-refractivity contribution >= 4 is 161 Å². The summed E-state index contributed by atoms with van der Waals surface area (Å²) < 4.78 is 18.1. The summed E-state index contributed by atoms with van der Waals surface area (Å²) >= 11 is 3.68. The van der Waals surface area contributed by atoms with Crippen molar-refractivity contribution in [1.82, 2.24) is 29.9 Å². The van der Waals surface area contributed by atoms with E-state index in [9.17, 15) is 0 Å². The molecule has 0 aliphatic carbocycles. The predicted molar refractivity (Wildman–Crippen MR) is 553 cm³/mol. The summed E-state index contributed by atoms with van der Waals surface area (Å²) in [6.45, 7) is 0. The van der Waals surface area contributed by atoms with Crippen molar-refractivity contribution in [2.24, 2.45) is 0 Å². The van der Waals surface area contributed by atoms with Crippen LogP contribution in [0.25, 0.3) is 273 Å². The second-order valence-corrected chi connectivity index (χ2v) is 36.1. The molecule has 132 heavy (non-hydrogen) atoms. The van der Waals surface area contributed by atoms with E-state index in [2.05, 4.69) is 425 Å². The first kappa shape index (κ1) is 76.2. The van der Waals surface area contributed by atoms with Crippen LogP contribution in [0.2, 0.25) is 0 Å². The smallest absolute Gasteiger partial charge is 0.164 e. The summed E-state index contributed by atoms with van der Waals surface area (Å²) in [6, 6.07) is 155. The van der Waals surface area contributed by atoms with Gasteiger partial charge in [-0.25, -0.2) is 29.9 Å². The van der Waals surface area contributed by atoms with Crippen molar-refractivity contribution in [2.75, 3.05) is 0 Å². The van der Waals surface area contributed by atoms with Gasteiger partial charge in [-0.05, 0) is 224 Å². The Morgan fingerprint density at radius 2 is 0.492 bits per heavy atom. The lowest BCUT2D eigenvalue weighted by molar-refractivity contribution is 0.669. The molecule has 0 atom stereocenters. The minimum absolute atomic E-state index is 0.611. The van der Waals surface area contributed by atoms with Crippen molar-refractivity contribution in [3.63, 3.8) is 0 Å². The molecule has 0 fully saturated rings. The third-order valence-electron chi connectivity index (χ3n) is 26.0. The lowest BCUT2D eigenvalue weighted by Crippen LogP contribution is -2.01. The molecule has 0 spiro atoms. The SMILES string of the molecule is c1ccc(-c2ccc(-c3nc(-c4ccc5c(-c6ccc7c(c6)sc6ccccc67)cccc5c4)nc(-c4ccc(-c5ccc6oc7cc8ccccc8cc7c6c5)c5ccccc45)n3)cc2)cc1.c1ccc(-c2ccc(-c3nc(-c4cccc(-c5ccc6sc7ccccc7c6c5)c4)nc(-c4ccc5cccc(-c6ccc7c(c6)oc6cc8ccccc8cc67)c5c4)n3)cc2)cc1. The zero-order chi connectivity index (χ0) is 86.9. The standard InChI is InChI=1S/C63H37N3OS.C59H35N3OS/c1-2-11-38(12-3-1)39-21-23-40(24-22-39)61-64-62(46-26-28-48-43(33-46)15-10-19-47(48)45-25-29-53-52-18-8-9-20-59(52)68-60(53)37-45)66-63(65-61)54-31-30-49(50-16-6-7-17-51(50)54)44-27-32-57-55(35-44)56-34-41-13-4-5-14-42(41)36-58(56)67-57;1-2-10-36(11-3-1)37-20-23-39(24-21-37)57-60-58(45-16-8-15-40(30-45)43-27-29-56-52(32-43)49-17-6-7-19-55(49)64-56)62-59(61-57)46-25-22-38-14-9-18-47(50(38)33-46)44-26-28-48-51-31-41-12-4-5-13-42(41)34-54(51)63-53(48)35-44/h1-37H;1-35H. The van der Waals surface area contributed by atoms with Gasteiger partial charge in [-0.2, -0.15) is 0 Å². The molecule has 0 aliphatic heterocycles. The van der Waals surface area contributed by atoms with Gasteiger partial charge in [-0.1, -0.05) is 334 Å². The molecule has 0 saturated carbocycles. The molecule has 27 rings (SSSR count). The number of thiophene rings is 2. The van der Waals surface area contributed by atoms with E-state index in [1.165, 1.54) is 78.4 Å². The van der Waals surface area contributed by atoms with Crippen LogP contribution in [0.1, 0.15) is 0 Å². The van der Waals surface area contributed by atoms with Gasteiger partial charge in [0.1, 0.15) is 22.3 Å². The number of hydrogen-bond donors (Lipinski definition) is 0. The van der Waals surface area contributed by atoms with Gasteiger partial charge in [0.2, 0.25) is 0 Å². The normalized spacial score (nSPS) is 11.8. The zero-order valence-electron chi connectivity index (χ0n) is 70.9. The topological polar surface area (TPSA) is 104 Å². The van der Waals surface area contributed by atoms with Crippen LogP contribution >= 0.6 is 22.7 Å². The van der Waals surface area contributed by atoms with Crippen molar-refractivity contribution in [3.05, 3.63) is 437 Å². The zero-order valence-corrected chi connectivity index (χ0v) is 72.5. The molecule has 0 bridgehead atoms. The van der Waals surface area contributed by atoms with Crippen LogP contribution in [0.4, 0.5) is 0 Å². The third-order valence-corrected chi connectivity index (χ3v) is 28.3. The third kappa shape index (κ3) is 13.6. The Labute approximate surface area is 765 Å². The number of hydrogen-bond acceptors (Lipinski definition) is 10. The number of nitrogens with zero attached hydrogens (tertiary/aromatic N) is 6. The van der Waals surface area contributed by atoms with E-state index >= 15 is 0 Å². The summed E-state index contributed by atoms with van der Waals surface area (Å²) in [5.74, 6) is 3.70. The molecule has 0 N–H and O–H groups in total. The maximum atomic E-state index is 6.51. The number of fused-ring (bicyclic) bond motifs is 17. The molecule has 8 nitrogen and oxygen atoms in total. The first-order chi connectivity index (χ1) is 65.3. The van der Waals surface area contributed by atoms with Crippen LogP contribution in [0, 0.1) is 0 Å². The van der Waals surface area contributed by atoms with Crippen LogP contribution in [-0.4, -0.2) is 29.9 Å². The number of benzene rings is 21. The molecular formula is C122H72N6O2S2. The van der Waals surface area contributed by atoms with Crippen LogP contribution in [0.15, 0.2) is 446 Å². The maximum Gasteiger partial charge on any atom is 0.164 e. The molecule has 0 unspecified atom stereocenters. The summed E-state index contributed by atoms with van der Waals surface area (Å²) in [6.07, 6.45) is 0. The minimum Gasteiger partial charge on any atom is -0.456 e. The average Bonchev–Trinajstić information content (AvgIpc) is 1.67. The Balaban J connectivity index is 0.000000139. The molecule has 0 aliphatic rings. The lowest BCUT2D eigenvalue weighted by Gasteiger charge is -2.14. The quantitative estimate of drug-likeness (QED) is 0.119. The molecule has 0 saturated heterocycles. The van der Waals surface area contributed by atoms with E-state index in [1.54, 1.807) is 0 Å². The van der Waals surface area contributed by atoms with Crippen LogP contribution < -0.4 is 0 Å². The minimum atomic E-state index is 0.611. The van der Waals surface area contributed by atoms with E-state index in [0.717, 1.165) is 160 Å². The average molecular weight is 1720 g/mol. The van der Waals surface area contributed by atoms with E-state index < -0.39 is 0 Å². The summed E-state index contributed by atoms with van der Waals surface area (Å²) in [4.78, 5) is 31.4. The second-order valence-electron chi connectivity index (χ2n) is 33.9. The Kier molecular flexibility index (Phi) is 18.2. The van der Waals surface area contributed by atoms with E-state index in [-0.39, 0.29) is 0 Å². The molecule has 21 aromatic carbocycles. The van der Waals surface area contributed by atoms with Crippen molar-refractivity contribution < 1.29 is 8.83 Å². The molecule has 6 heterocycles. The lowest BCUT2D eigenvalue weighted by atomic mass is 9.93. The summed E-state index contributed by atoms with van der Waals surface area (Å²) in [7, 11) is 0. The van der Waals surface area contributed by atoms with Crippen LogP contribution in [0.5, 0.6) is 0 Å². The molecule has 10 heteroatoms. The monoisotopic (exact) mass is 1720 g/mol. The molecule has 0 amide bonds. The largest absolute Gasteiger partial charge is 0.456 e. The van der Waals surface area contributed by atoms with Crippen molar-refractivity contribution in [3.8, 4) is 135 Å². The number of furan rings is 2. The fraction of sp³-hybridized carbons (Fsp3) is 0. The van der Waals surface area contributed by atoms with Gasteiger partial charge in [0.05, 0.1) is 0 Å². The first-order valence-corrected chi connectivity index (χ1v) is 46.0. The Morgan fingerprint density at radius 3 is 1.15 bits per heavy atom. The second kappa shape index (κ2) is 31.5. The van der Waals surface area contributed by atoms with Gasteiger partial charge in [0, 0.05) is 95.3 Å². The Bertz CT molecular complexity index is 9360. The van der Waals surface area contributed by atoms with Gasteiger partial charge >= 0.3 is 0 Å². The molecule has 0 radical (unpaired) electrons. The molecule has 6 aromatic heterocycles. The maximum absolute atomic E-state index is 6.51. The molecular weight excluding hydrogens is 1650 g/mol. The van der Waals surface area contributed by atoms with Gasteiger partial charge < -0.3 is 8.83 Å². The highest BCUT2D eigenvalue weighted by atomic mass is 32.1. The summed E-state index contributed by atoms with van der Waals surface area (Å²) in [5.41, 5.74) is 22.8. The molecule has 614 valence electrons. The highest BCUT2D eigenvalue weighted by Crippen LogP contribution is 2.46. The van der Waals surface area contributed by atoms with Crippen LogP contribution in [-0.2, 0) is 0 Å². The van der Waals surface area contributed by atoms with Gasteiger partial charge in [-0.15, -0.1) is 22.7 Å². The highest BCUT2D eigenvalue weighted by molar-refractivity contribution is 7.26. The fourth-order valence-electron chi connectivity index (χ4n) is 19.4. The molecule has 27 aromatic rings. The van der Waals surface area contributed by atoms with E-state index in [0.29, 0.717) is 34.9 Å². The van der Waals surface area contributed by atoms with Gasteiger partial charge in [0.15, 0.2) is 34.9 Å². The number of rotatable bonds is 12. The first-order valence-electron chi connectivity index (χ1n) is 44.4. The fourth-order valence-corrected chi connectivity index (χ4v) is 21.6. The van der Waals surface area contributed by atoms with E-state index in [4.69, 9.17) is 38.7 Å². The van der Waals surface area contributed by atoms with E-state index in [1.807, 2.05) is 34.8 Å². The predicted octanol–water partition coefficient (Wildman–Crippen LogP) is 34.0. The van der Waals surface area contributed by atoms with Gasteiger partial charge in [-0.3, -0.25) is 0 Å². The van der Waals surface area contributed by atoms with Crippen LogP contribution in [0.3, 0.4) is 0 Å². The highest BCUT2D eigenvalue weighted by Gasteiger charge is 2.23. The summed E-state index contributed by atoms with van der Waals surface area (Å²) in [5, 5.41) is 21.1. The van der Waals surface area contributed by atoms with Crippen molar-refractivity contribution in [1.29, 1.82) is 0 Å². The van der Waals surface area contributed by atoms with Crippen molar-refractivity contribution in [2.45, 2.75) is 0 Å². The Hall–Kier alpha value is -17.0.